The Morgan fingerprint density at radius 1 is 1.16 bits per heavy atom. The number of aromatic nitrogens is 2. The number of hydrogen-bond donors (Lipinski definition) is 0. The van der Waals surface area contributed by atoms with Crippen LogP contribution in [0.2, 0.25) is 0 Å². The maximum atomic E-state index is 11.7. The van der Waals surface area contributed by atoms with Crippen molar-refractivity contribution in [2.75, 3.05) is 11.4 Å². The van der Waals surface area contributed by atoms with Crippen molar-refractivity contribution in [3.05, 3.63) is 54.0 Å². The van der Waals surface area contributed by atoms with Crippen LogP contribution in [0.4, 0.5) is 5.82 Å². The molecule has 0 bridgehead atoms. The van der Waals surface area contributed by atoms with E-state index in [1.165, 1.54) is 0 Å². The number of pyridine rings is 2. The molecule has 4 heteroatoms. The van der Waals surface area contributed by atoms with E-state index in [0.29, 0.717) is 12.1 Å². The molecule has 0 aliphatic heterocycles. The van der Waals surface area contributed by atoms with E-state index >= 15 is 0 Å². The molecule has 0 saturated carbocycles. The Hall–Kier alpha value is -2.23. The van der Waals surface area contributed by atoms with Gasteiger partial charge >= 0.3 is 0 Å². The van der Waals surface area contributed by atoms with Crippen LogP contribution in [0, 0.1) is 0 Å². The minimum absolute atomic E-state index is 0.0302. The van der Waals surface area contributed by atoms with E-state index in [0.717, 1.165) is 18.1 Å². The summed E-state index contributed by atoms with van der Waals surface area (Å²) in [6.07, 6.45) is 3.48. The summed E-state index contributed by atoms with van der Waals surface area (Å²) in [7, 11) is 0. The van der Waals surface area contributed by atoms with Crippen LogP contribution in [0.5, 0.6) is 0 Å². The number of carbonyl (C=O) groups excluding carboxylic acids is 1. The molecule has 98 valence electrons. The van der Waals surface area contributed by atoms with E-state index in [4.69, 9.17) is 0 Å². The second-order valence-electron chi connectivity index (χ2n) is 4.27. The van der Waals surface area contributed by atoms with E-state index in [2.05, 4.69) is 14.9 Å². The van der Waals surface area contributed by atoms with Crippen LogP contribution in [0.25, 0.3) is 0 Å². The summed E-state index contributed by atoms with van der Waals surface area (Å²) in [4.78, 5) is 22.4. The number of hydrogen-bond acceptors (Lipinski definition) is 4. The van der Waals surface area contributed by atoms with Gasteiger partial charge in [0.15, 0.2) is 5.78 Å². The zero-order valence-corrected chi connectivity index (χ0v) is 11.2. The quantitative estimate of drug-likeness (QED) is 0.771. The first kappa shape index (κ1) is 13.2. The molecule has 0 aliphatic carbocycles. The van der Waals surface area contributed by atoms with Crippen LogP contribution in [-0.4, -0.2) is 22.3 Å². The molecule has 0 aliphatic rings. The van der Waals surface area contributed by atoms with E-state index in [1.54, 1.807) is 25.4 Å². The highest BCUT2D eigenvalue weighted by Gasteiger charge is 2.14. The molecule has 2 aromatic rings. The van der Waals surface area contributed by atoms with Gasteiger partial charge in [0.05, 0.1) is 17.8 Å². The Morgan fingerprint density at radius 3 is 2.58 bits per heavy atom. The molecule has 2 heterocycles. The standard InChI is InChI=1S/C15H17N3O/c1-3-18(11-13-7-4-5-9-16-13)15-14(12(2)19)8-6-10-17-15/h4-10H,3,11H2,1-2H3. The number of Topliss-reactive ketones (excluding diaryl/α,β-unsaturated/α-hetero) is 1. The largest absolute Gasteiger partial charge is 0.350 e. The minimum Gasteiger partial charge on any atom is -0.350 e. The van der Waals surface area contributed by atoms with Crippen LogP contribution in [0.15, 0.2) is 42.7 Å². The van der Waals surface area contributed by atoms with Crippen molar-refractivity contribution in [1.82, 2.24) is 9.97 Å². The Bertz CT molecular complexity index is 554. The van der Waals surface area contributed by atoms with Crippen LogP contribution in [0.3, 0.4) is 0 Å². The molecule has 0 spiro atoms. The van der Waals surface area contributed by atoms with Crippen molar-refractivity contribution in [1.29, 1.82) is 0 Å². The average Bonchev–Trinajstić information content (AvgIpc) is 2.46. The van der Waals surface area contributed by atoms with Gasteiger partial charge in [-0.05, 0) is 38.1 Å². The SMILES string of the molecule is CCN(Cc1ccccn1)c1ncccc1C(C)=O. The number of ketones is 1. The monoisotopic (exact) mass is 255 g/mol. The molecule has 2 rings (SSSR count). The van der Waals surface area contributed by atoms with Crippen LogP contribution in [-0.2, 0) is 6.54 Å². The number of anilines is 1. The van der Waals surface area contributed by atoms with Gasteiger partial charge in [0, 0.05) is 18.9 Å². The third-order valence-corrected chi connectivity index (χ3v) is 2.93. The lowest BCUT2D eigenvalue weighted by Crippen LogP contribution is -2.25. The van der Waals surface area contributed by atoms with Crippen molar-refractivity contribution in [3.63, 3.8) is 0 Å². The third-order valence-electron chi connectivity index (χ3n) is 2.93. The van der Waals surface area contributed by atoms with Crippen LogP contribution >= 0.6 is 0 Å². The second-order valence-corrected chi connectivity index (χ2v) is 4.27. The predicted molar refractivity (Wildman–Crippen MR) is 75.2 cm³/mol. The molecule has 0 fully saturated rings. The van der Waals surface area contributed by atoms with Crippen molar-refractivity contribution in [3.8, 4) is 0 Å². The summed E-state index contributed by atoms with van der Waals surface area (Å²) in [5.41, 5.74) is 1.62. The number of carbonyl (C=O) groups is 1. The van der Waals surface area contributed by atoms with Gasteiger partial charge in [-0.1, -0.05) is 6.07 Å². The van der Waals surface area contributed by atoms with Gasteiger partial charge in [-0.25, -0.2) is 4.98 Å². The molecular weight excluding hydrogens is 238 g/mol. The zero-order valence-electron chi connectivity index (χ0n) is 11.2. The molecule has 0 unspecified atom stereocenters. The van der Waals surface area contributed by atoms with Gasteiger partial charge in [0.25, 0.3) is 0 Å². The van der Waals surface area contributed by atoms with Gasteiger partial charge < -0.3 is 4.90 Å². The first-order valence-electron chi connectivity index (χ1n) is 6.33. The molecule has 0 amide bonds. The Morgan fingerprint density at radius 2 is 1.95 bits per heavy atom. The lowest BCUT2D eigenvalue weighted by Gasteiger charge is -2.23. The van der Waals surface area contributed by atoms with Gasteiger partial charge in [-0.2, -0.15) is 0 Å². The van der Waals surface area contributed by atoms with Gasteiger partial charge in [0.2, 0.25) is 0 Å². The Labute approximate surface area is 113 Å². The first-order valence-corrected chi connectivity index (χ1v) is 6.33. The smallest absolute Gasteiger partial charge is 0.163 e. The highest BCUT2D eigenvalue weighted by molar-refractivity contribution is 5.98. The topological polar surface area (TPSA) is 46.1 Å². The van der Waals surface area contributed by atoms with Crippen molar-refractivity contribution < 1.29 is 4.79 Å². The molecule has 4 nitrogen and oxygen atoms in total. The third kappa shape index (κ3) is 3.16. The number of nitrogens with zero attached hydrogens (tertiary/aromatic N) is 3. The van der Waals surface area contributed by atoms with E-state index < -0.39 is 0 Å². The summed E-state index contributed by atoms with van der Waals surface area (Å²) in [6.45, 7) is 5.03. The normalized spacial score (nSPS) is 10.2. The van der Waals surface area contributed by atoms with Crippen molar-refractivity contribution in [2.24, 2.45) is 0 Å². The minimum atomic E-state index is 0.0302. The molecule has 0 radical (unpaired) electrons. The fourth-order valence-electron chi connectivity index (χ4n) is 1.95. The molecule has 0 saturated heterocycles. The van der Waals surface area contributed by atoms with E-state index in [9.17, 15) is 4.79 Å². The summed E-state index contributed by atoms with van der Waals surface area (Å²) in [5.74, 6) is 0.755. The van der Waals surface area contributed by atoms with Crippen molar-refractivity contribution in [2.45, 2.75) is 20.4 Å². The van der Waals surface area contributed by atoms with Gasteiger partial charge in [-0.15, -0.1) is 0 Å². The maximum absolute atomic E-state index is 11.7. The summed E-state index contributed by atoms with van der Waals surface area (Å²) < 4.78 is 0. The molecule has 0 atom stereocenters. The first-order chi connectivity index (χ1) is 9.22. The highest BCUT2D eigenvalue weighted by atomic mass is 16.1. The summed E-state index contributed by atoms with van der Waals surface area (Å²) in [5, 5.41) is 0. The lowest BCUT2D eigenvalue weighted by atomic mass is 10.1. The molecular formula is C15H17N3O. The molecule has 0 N–H and O–H groups in total. The van der Waals surface area contributed by atoms with Gasteiger partial charge in [-0.3, -0.25) is 9.78 Å². The fourth-order valence-corrected chi connectivity index (χ4v) is 1.95. The lowest BCUT2D eigenvalue weighted by molar-refractivity contribution is 0.101. The van der Waals surface area contributed by atoms with E-state index in [1.807, 2.05) is 31.2 Å². The summed E-state index contributed by atoms with van der Waals surface area (Å²) in [6, 6.07) is 9.42. The zero-order chi connectivity index (χ0) is 13.7. The van der Waals surface area contributed by atoms with Crippen LogP contribution < -0.4 is 4.90 Å². The fraction of sp³-hybridized carbons (Fsp3) is 0.267. The van der Waals surface area contributed by atoms with Crippen molar-refractivity contribution >= 4 is 11.6 Å². The Kier molecular flexibility index (Phi) is 4.23. The maximum Gasteiger partial charge on any atom is 0.163 e. The second kappa shape index (κ2) is 6.09. The van der Waals surface area contributed by atoms with E-state index in [-0.39, 0.29) is 5.78 Å². The molecule has 2 aromatic heterocycles. The highest BCUT2D eigenvalue weighted by Crippen LogP contribution is 2.19. The van der Waals surface area contributed by atoms with Gasteiger partial charge in [0.1, 0.15) is 5.82 Å². The predicted octanol–water partition coefficient (Wildman–Crippen LogP) is 2.71. The molecule has 0 aromatic carbocycles. The Balaban J connectivity index is 2.30. The molecule has 19 heavy (non-hydrogen) atoms. The number of rotatable bonds is 5. The summed E-state index contributed by atoms with van der Waals surface area (Å²) >= 11 is 0. The van der Waals surface area contributed by atoms with Crippen LogP contribution in [0.1, 0.15) is 29.9 Å². The average molecular weight is 255 g/mol.